The molecule has 0 atom stereocenters. The molecule has 0 spiro atoms. The van der Waals surface area contributed by atoms with E-state index in [-0.39, 0.29) is 0 Å². The van der Waals surface area contributed by atoms with Gasteiger partial charge in [-0.15, -0.1) is 0 Å². The molecule has 2 aliphatic rings. The molecule has 0 amide bonds. The van der Waals surface area contributed by atoms with Crippen molar-refractivity contribution in [1.29, 1.82) is 0 Å². The summed E-state index contributed by atoms with van der Waals surface area (Å²) in [5, 5.41) is 8.76. The normalized spacial score (nSPS) is 14.5. The highest BCUT2D eigenvalue weighted by Gasteiger charge is 2.23. The number of nitrogens with zero attached hydrogens (tertiary/aromatic N) is 2. The predicted octanol–water partition coefficient (Wildman–Crippen LogP) is 9.62. The maximum absolute atomic E-state index is 6.07. The lowest BCUT2D eigenvalue weighted by Crippen LogP contribution is -2.11. The monoisotopic (exact) mass is 609 g/mol. The third kappa shape index (κ3) is 8.06. The number of nitrogen functional groups attached to an aromatic ring is 1. The largest absolute Gasteiger partial charge is 0.492 e. The predicted molar refractivity (Wildman–Crippen MR) is 187 cm³/mol. The zero-order valence-corrected chi connectivity index (χ0v) is 27.6. The van der Waals surface area contributed by atoms with Crippen molar-refractivity contribution in [3.63, 3.8) is 0 Å². The van der Waals surface area contributed by atoms with Gasteiger partial charge in [-0.3, -0.25) is 0 Å². The molecule has 1 aromatic carbocycles. The summed E-state index contributed by atoms with van der Waals surface area (Å²) in [4.78, 5) is 10.5. The summed E-state index contributed by atoms with van der Waals surface area (Å²) < 4.78 is 6.07. The Hall–Kier alpha value is -3.71. The lowest BCUT2D eigenvalue weighted by Gasteiger charge is -2.19. The first-order valence-electron chi connectivity index (χ1n) is 16.3. The van der Waals surface area contributed by atoms with Crippen molar-refractivity contribution in [2.45, 2.75) is 92.0 Å². The van der Waals surface area contributed by atoms with Crippen LogP contribution in [-0.4, -0.2) is 16.6 Å². The molecular weight excluding hydrogens is 563 g/mol. The third-order valence-electron chi connectivity index (χ3n) is 8.08. The zero-order chi connectivity index (χ0) is 30.9. The highest BCUT2D eigenvalue weighted by Crippen LogP contribution is 2.41. The number of hydrogen-bond donors (Lipinski definition) is 3. The van der Waals surface area contributed by atoms with Crippen LogP contribution in [0.25, 0.3) is 16.8 Å². The Morgan fingerprint density at radius 2 is 1.91 bits per heavy atom. The lowest BCUT2D eigenvalue weighted by molar-refractivity contribution is 0.358. The maximum Gasteiger partial charge on any atom is 0.135 e. The number of unbranched alkanes of at least 4 members (excludes halogenated alkanes) is 1. The van der Waals surface area contributed by atoms with Gasteiger partial charge in [0.05, 0.1) is 11.6 Å². The quantitative estimate of drug-likeness (QED) is 0.158. The molecule has 0 radical (unpaired) electrons. The van der Waals surface area contributed by atoms with Crippen molar-refractivity contribution in [3.8, 4) is 16.9 Å². The molecule has 0 bridgehead atoms. The van der Waals surface area contributed by atoms with Gasteiger partial charge in [0.2, 0.25) is 0 Å². The SMILES string of the molecule is CCC=C(NC(=C1CC1)c1cccc(CNc2ncc(-c3ccnc(N)c3)c3c2CCO3)c1)S/C(CCCC)=C(\C)CCC. The van der Waals surface area contributed by atoms with E-state index in [1.54, 1.807) is 6.20 Å². The Morgan fingerprint density at radius 3 is 2.66 bits per heavy atom. The van der Waals surface area contributed by atoms with Crippen molar-refractivity contribution in [2.24, 2.45) is 0 Å². The number of benzene rings is 1. The van der Waals surface area contributed by atoms with Gasteiger partial charge in [0, 0.05) is 42.2 Å². The molecule has 0 saturated heterocycles. The van der Waals surface area contributed by atoms with E-state index >= 15 is 0 Å². The molecule has 1 aliphatic heterocycles. The molecule has 1 saturated carbocycles. The average molecular weight is 610 g/mol. The highest BCUT2D eigenvalue weighted by molar-refractivity contribution is 8.06. The summed E-state index contributed by atoms with van der Waals surface area (Å²) in [6.45, 7) is 10.4. The van der Waals surface area contributed by atoms with Crippen molar-refractivity contribution < 1.29 is 4.74 Å². The Balaban J connectivity index is 1.33. The number of nitrogens with two attached hydrogens (primary N) is 1. The Morgan fingerprint density at radius 1 is 1.05 bits per heavy atom. The summed E-state index contributed by atoms with van der Waals surface area (Å²) in [6.07, 6.45) is 16.1. The number of fused-ring (bicyclic) bond motifs is 1. The van der Waals surface area contributed by atoms with Crippen molar-refractivity contribution in [3.05, 3.63) is 92.6 Å². The van der Waals surface area contributed by atoms with Gasteiger partial charge in [0.15, 0.2) is 0 Å². The molecule has 2 aromatic heterocycles. The van der Waals surface area contributed by atoms with Crippen LogP contribution < -0.4 is 21.1 Å². The fraction of sp³-hybridized carbons (Fsp3) is 0.405. The first-order valence-corrected chi connectivity index (χ1v) is 17.1. The second kappa shape index (κ2) is 15.3. The number of hydrogen-bond acceptors (Lipinski definition) is 7. The van der Waals surface area contributed by atoms with Crippen LogP contribution >= 0.6 is 11.8 Å². The van der Waals surface area contributed by atoms with E-state index in [0.29, 0.717) is 19.0 Å². The summed E-state index contributed by atoms with van der Waals surface area (Å²) in [7, 11) is 0. The number of thioether (sulfide) groups is 1. The first kappa shape index (κ1) is 31.7. The van der Waals surface area contributed by atoms with Gasteiger partial charge in [-0.25, -0.2) is 9.97 Å². The molecule has 44 heavy (non-hydrogen) atoms. The lowest BCUT2D eigenvalue weighted by atomic mass is 10.0. The van der Waals surface area contributed by atoms with Gasteiger partial charge in [-0.05, 0) is 90.8 Å². The third-order valence-corrected chi connectivity index (χ3v) is 9.36. The van der Waals surface area contributed by atoms with Crippen LogP contribution in [0.4, 0.5) is 11.6 Å². The smallest absolute Gasteiger partial charge is 0.135 e. The van der Waals surface area contributed by atoms with Crippen LogP contribution in [0.1, 0.15) is 95.8 Å². The van der Waals surface area contributed by atoms with E-state index < -0.39 is 0 Å². The molecule has 5 rings (SSSR count). The van der Waals surface area contributed by atoms with Crippen molar-refractivity contribution >= 4 is 29.1 Å². The van der Waals surface area contributed by atoms with E-state index in [0.717, 1.165) is 60.4 Å². The molecule has 6 nitrogen and oxygen atoms in total. The van der Waals surface area contributed by atoms with Gasteiger partial charge >= 0.3 is 0 Å². The van der Waals surface area contributed by atoms with E-state index in [1.807, 2.05) is 30.1 Å². The summed E-state index contributed by atoms with van der Waals surface area (Å²) in [6, 6.07) is 12.7. The topological polar surface area (TPSA) is 85.1 Å². The maximum atomic E-state index is 6.07. The van der Waals surface area contributed by atoms with E-state index in [4.69, 9.17) is 15.5 Å². The standard InChI is InChI=1S/C37H47N5OS/c1-5-8-14-32(25(4)10-6-2)44-34(11-7-3)42-35(27-15-16-27)29-13-9-12-26(21-29)23-40-37-30-18-20-43-36(30)31(24-41-37)28-17-19-39-33(38)22-28/h9,11-13,17,19,21-22,24,42H,5-8,10,14-16,18,20,23H2,1-4H3,(H2,38,39)(H,40,41)/b32-25+,34-11?. The van der Waals surface area contributed by atoms with Gasteiger partial charge in [-0.2, -0.15) is 0 Å². The number of rotatable bonds is 15. The van der Waals surface area contributed by atoms with Crippen LogP contribution in [0.3, 0.4) is 0 Å². The van der Waals surface area contributed by atoms with Crippen molar-refractivity contribution in [1.82, 2.24) is 15.3 Å². The number of aromatic nitrogens is 2. The van der Waals surface area contributed by atoms with E-state index in [9.17, 15) is 0 Å². The minimum atomic E-state index is 0.488. The van der Waals surface area contributed by atoms with Gasteiger partial charge in [0.1, 0.15) is 17.4 Å². The second-order valence-corrected chi connectivity index (χ2v) is 12.8. The van der Waals surface area contributed by atoms with E-state index in [1.165, 1.54) is 63.6 Å². The van der Waals surface area contributed by atoms with Crippen LogP contribution in [0.15, 0.2) is 75.9 Å². The van der Waals surface area contributed by atoms with Crippen LogP contribution in [0.2, 0.25) is 0 Å². The summed E-state index contributed by atoms with van der Waals surface area (Å²) >= 11 is 1.95. The average Bonchev–Trinajstić information content (AvgIpc) is 3.75. The molecule has 7 heteroatoms. The highest BCUT2D eigenvalue weighted by atomic mass is 32.2. The molecule has 4 N–H and O–H groups in total. The van der Waals surface area contributed by atoms with Crippen LogP contribution in [0.5, 0.6) is 5.75 Å². The molecule has 1 aliphatic carbocycles. The second-order valence-electron chi connectivity index (χ2n) is 11.7. The van der Waals surface area contributed by atoms with Crippen LogP contribution in [0, 0.1) is 0 Å². The Labute approximate surface area is 267 Å². The number of pyridine rings is 2. The van der Waals surface area contributed by atoms with Gasteiger partial charge in [-0.1, -0.05) is 75.2 Å². The number of ether oxygens (including phenoxy) is 1. The van der Waals surface area contributed by atoms with Crippen LogP contribution in [-0.2, 0) is 13.0 Å². The van der Waals surface area contributed by atoms with Gasteiger partial charge < -0.3 is 21.1 Å². The number of nitrogens with one attached hydrogen (secondary N) is 2. The van der Waals surface area contributed by atoms with E-state index in [2.05, 4.69) is 73.7 Å². The molecular formula is C37H47N5OS. The summed E-state index contributed by atoms with van der Waals surface area (Å²) in [5.41, 5.74) is 15.8. The molecule has 3 aromatic rings. The Kier molecular flexibility index (Phi) is 11.1. The minimum absolute atomic E-state index is 0.488. The molecule has 0 unspecified atom stereocenters. The zero-order valence-electron chi connectivity index (χ0n) is 26.8. The fourth-order valence-electron chi connectivity index (χ4n) is 5.62. The Bertz CT molecular complexity index is 1550. The molecule has 3 heterocycles. The minimum Gasteiger partial charge on any atom is -0.492 e. The van der Waals surface area contributed by atoms with Gasteiger partial charge in [0.25, 0.3) is 0 Å². The number of anilines is 2. The van der Waals surface area contributed by atoms with Crippen molar-refractivity contribution in [2.75, 3.05) is 17.7 Å². The molecule has 232 valence electrons. The summed E-state index contributed by atoms with van der Waals surface area (Å²) in [5.74, 6) is 2.26. The number of allylic oxidation sites excluding steroid dienone is 4. The first-order chi connectivity index (χ1) is 21.5. The fourth-order valence-corrected chi connectivity index (χ4v) is 6.82. The molecule has 1 fully saturated rings.